The fourth-order valence-corrected chi connectivity index (χ4v) is 1.83. The topological polar surface area (TPSA) is 29.5 Å². The molecule has 0 aliphatic carbocycles. The Balaban J connectivity index is 2.61. The molecule has 0 heterocycles. The molecule has 1 aromatic rings. The van der Waals surface area contributed by atoms with Crippen LogP contribution in [0.2, 0.25) is 0 Å². The molecule has 0 radical (unpaired) electrons. The zero-order valence-corrected chi connectivity index (χ0v) is 12.4. The SMILES string of the molecule is COc1ccc(O)c(CC=C(C)CCC=C(C)C)c1. The Labute approximate surface area is 116 Å². The molecule has 0 bridgehead atoms. The summed E-state index contributed by atoms with van der Waals surface area (Å²) in [5, 5.41) is 9.80. The maximum Gasteiger partial charge on any atom is 0.119 e. The molecule has 1 aromatic carbocycles. The number of aromatic hydroxyl groups is 1. The van der Waals surface area contributed by atoms with Gasteiger partial charge in [-0.1, -0.05) is 23.3 Å². The Morgan fingerprint density at radius 3 is 2.58 bits per heavy atom. The van der Waals surface area contributed by atoms with Crippen molar-refractivity contribution < 1.29 is 9.84 Å². The highest BCUT2D eigenvalue weighted by atomic mass is 16.5. The minimum absolute atomic E-state index is 0.328. The second kappa shape index (κ2) is 7.67. The van der Waals surface area contributed by atoms with E-state index in [1.807, 2.05) is 6.07 Å². The molecular formula is C17H24O2. The summed E-state index contributed by atoms with van der Waals surface area (Å²) in [4.78, 5) is 0. The van der Waals surface area contributed by atoms with Crippen LogP contribution in [0.25, 0.3) is 0 Å². The van der Waals surface area contributed by atoms with Crippen LogP contribution in [-0.2, 0) is 6.42 Å². The van der Waals surface area contributed by atoms with E-state index in [1.165, 1.54) is 11.1 Å². The third-order valence-electron chi connectivity index (χ3n) is 3.05. The molecule has 0 saturated heterocycles. The standard InChI is InChI=1S/C17H24O2/c1-13(2)6-5-7-14(3)8-9-15-12-16(19-4)10-11-17(15)18/h6,8,10-12,18H,5,7,9H2,1-4H3. The van der Waals surface area contributed by atoms with Crippen LogP contribution in [0.3, 0.4) is 0 Å². The number of hydrogen-bond donors (Lipinski definition) is 1. The first-order valence-electron chi connectivity index (χ1n) is 6.67. The molecule has 0 spiro atoms. The van der Waals surface area contributed by atoms with Gasteiger partial charge in [0.25, 0.3) is 0 Å². The van der Waals surface area contributed by atoms with Gasteiger partial charge in [-0.15, -0.1) is 0 Å². The highest BCUT2D eigenvalue weighted by Gasteiger charge is 2.02. The van der Waals surface area contributed by atoms with Crippen LogP contribution in [0.4, 0.5) is 0 Å². The van der Waals surface area contributed by atoms with Gasteiger partial charge in [0, 0.05) is 5.56 Å². The van der Waals surface area contributed by atoms with Crippen molar-refractivity contribution in [1.29, 1.82) is 0 Å². The number of hydrogen-bond acceptors (Lipinski definition) is 2. The van der Waals surface area contributed by atoms with E-state index in [4.69, 9.17) is 4.74 Å². The van der Waals surface area contributed by atoms with Crippen molar-refractivity contribution in [1.82, 2.24) is 0 Å². The number of rotatable bonds is 6. The number of ether oxygens (including phenoxy) is 1. The molecule has 104 valence electrons. The molecule has 0 aliphatic rings. The number of phenolic OH excluding ortho intramolecular Hbond substituents is 1. The molecule has 19 heavy (non-hydrogen) atoms. The molecule has 0 unspecified atom stereocenters. The average molecular weight is 260 g/mol. The predicted octanol–water partition coefficient (Wildman–Crippen LogP) is 4.64. The molecule has 0 amide bonds. The lowest BCUT2D eigenvalue weighted by Gasteiger charge is -2.06. The van der Waals surface area contributed by atoms with Crippen molar-refractivity contribution in [3.05, 3.63) is 47.1 Å². The largest absolute Gasteiger partial charge is 0.508 e. The summed E-state index contributed by atoms with van der Waals surface area (Å²) in [5.41, 5.74) is 3.61. The van der Waals surface area contributed by atoms with Crippen molar-refractivity contribution in [2.24, 2.45) is 0 Å². The van der Waals surface area contributed by atoms with Crippen molar-refractivity contribution >= 4 is 0 Å². The average Bonchev–Trinajstić information content (AvgIpc) is 2.37. The lowest BCUT2D eigenvalue weighted by atomic mass is 10.1. The fraction of sp³-hybridized carbons (Fsp3) is 0.412. The second-order valence-electron chi connectivity index (χ2n) is 5.07. The van der Waals surface area contributed by atoms with Crippen LogP contribution in [0.15, 0.2) is 41.5 Å². The van der Waals surface area contributed by atoms with Gasteiger partial charge in [-0.3, -0.25) is 0 Å². The minimum Gasteiger partial charge on any atom is -0.508 e. The van der Waals surface area contributed by atoms with Crippen LogP contribution in [0.5, 0.6) is 11.5 Å². The molecule has 2 nitrogen and oxygen atoms in total. The summed E-state index contributed by atoms with van der Waals surface area (Å²) in [6.07, 6.45) is 7.31. The maximum absolute atomic E-state index is 9.80. The summed E-state index contributed by atoms with van der Waals surface area (Å²) < 4.78 is 5.17. The second-order valence-corrected chi connectivity index (χ2v) is 5.07. The predicted molar refractivity (Wildman–Crippen MR) is 80.8 cm³/mol. The first kappa shape index (κ1) is 15.4. The van der Waals surface area contributed by atoms with E-state index in [0.29, 0.717) is 5.75 Å². The summed E-state index contributed by atoms with van der Waals surface area (Å²) in [6, 6.07) is 5.33. The monoisotopic (exact) mass is 260 g/mol. The Bertz CT molecular complexity index is 466. The first-order valence-corrected chi connectivity index (χ1v) is 6.67. The van der Waals surface area contributed by atoms with E-state index in [1.54, 1.807) is 19.2 Å². The lowest BCUT2D eigenvalue weighted by Crippen LogP contribution is -1.88. The van der Waals surface area contributed by atoms with E-state index < -0.39 is 0 Å². The van der Waals surface area contributed by atoms with E-state index in [-0.39, 0.29) is 0 Å². The summed E-state index contributed by atoms with van der Waals surface area (Å²) >= 11 is 0. The first-order chi connectivity index (χ1) is 9.02. The van der Waals surface area contributed by atoms with Crippen molar-refractivity contribution in [2.45, 2.75) is 40.0 Å². The van der Waals surface area contributed by atoms with Gasteiger partial charge in [0.2, 0.25) is 0 Å². The van der Waals surface area contributed by atoms with Crippen molar-refractivity contribution in [3.63, 3.8) is 0 Å². The van der Waals surface area contributed by atoms with E-state index >= 15 is 0 Å². The van der Waals surface area contributed by atoms with E-state index in [9.17, 15) is 5.11 Å². The van der Waals surface area contributed by atoms with Gasteiger partial charge in [0.15, 0.2) is 0 Å². The molecule has 0 aromatic heterocycles. The van der Waals surface area contributed by atoms with Gasteiger partial charge in [-0.05, 0) is 58.2 Å². The van der Waals surface area contributed by atoms with Gasteiger partial charge in [0.05, 0.1) is 7.11 Å². The number of allylic oxidation sites excluding steroid dienone is 4. The van der Waals surface area contributed by atoms with Crippen molar-refractivity contribution in [2.75, 3.05) is 7.11 Å². The molecule has 0 aliphatic heterocycles. The molecule has 0 fully saturated rings. The highest BCUT2D eigenvalue weighted by Crippen LogP contribution is 2.24. The van der Waals surface area contributed by atoms with Gasteiger partial charge < -0.3 is 9.84 Å². The molecule has 1 N–H and O–H groups in total. The zero-order valence-electron chi connectivity index (χ0n) is 12.4. The Hall–Kier alpha value is -1.70. The van der Waals surface area contributed by atoms with E-state index in [0.717, 1.165) is 30.6 Å². The van der Waals surface area contributed by atoms with Crippen LogP contribution < -0.4 is 4.74 Å². The Morgan fingerprint density at radius 2 is 1.95 bits per heavy atom. The van der Waals surface area contributed by atoms with E-state index in [2.05, 4.69) is 32.9 Å². The van der Waals surface area contributed by atoms with Gasteiger partial charge in [0.1, 0.15) is 11.5 Å². The number of methoxy groups -OCH3 is 1. The zero-order chi connectivity index (χ0) is 14.3. The molecule has 1 rings (SSSR count). The number of benzene rings is 1. The van der Waals surface area contributed by atoms with Crippen LogP contribution in [-0.4, -0.2) is 12.2 Å². The van der Waals surface area contributed by atoms with Crippen LogP contribution >= 0.6 is 0 Å². The molecule has 2 heteroatoms. The van der Waals surface area contributed by atoms with Crippen LogP contribution in [0, 0.1) is 0 Å². The smallest absolute Gasteiger partial charge is 0.119 e. The van der Waals surface area contributed by atoms with Gasteiger partial charge >= 0.3 is 0 Å². The maximum atomic E-state index is 9.80. The molecule has 0 atom stereocenters. The minimum atomic E-state index is 0.328. The lowest BCUT2D eigenvalue weighted by molar-refractivity contribution is 0.411. The van der Waals surface area contributed by atoms with Gasteiger partial charge in [-0.25, -0.2) is 0 Å². The Morgan fingerprint density at radius 1 is 1.21 bits per heavy atom. The van der Waals surface area contributed by atoms with Crippen LogP contribution in [0.1, 0.15) is 39.2 Å². The third kappa shape index (κ3) is 5.64. The molecular weight excluding hydrogens is 236 g/mol. The normalized spacial score (nSPS) is 11.3. The number of phenols is 1. The summed E-state index contributed by atoms with van der Waals surface area (Å²) in [6.45, 7) is 6.37. The van der Waals surface area contributed by atoms with Gasteiger partial charge in [-0.2, -0.15) is 0 Å². The fourth-order valence-electron chi connectivity index (χ4n) is 1.83. The van der Waals surface area contributed by atoms with Crippen molar-refractivity contribution in [3.8, 4) is 11.5 Å². The quantitative estimate of drug-likeness (QED) is 0.755. The Kier molecular flexibility index (Phi) is 6.20. The molecule has 0 saturated carbocycles. The summed E-state index contributed by atoms with van der Waals surface area (Å²) in [5.74, 6) is 1.11. The highest BCUT2D eigenvalue weighted by molar-refractivity contribution is 5.40. The summed E-state index contributed by atoms with van der Waals surface area (Å²) in [7, 11) is 1.64. The third-order valence-corrected chi connectivity index (χ3v) is 3.05.